The summed E-state index contributed by atoms with van der Waals surface area (Å²) in [4.78, 5) is 37.1. The normalized spacial score (nSPS) is 12.9. The van der Waals surface area contributed by atoms with Crippen molar-refractivity contribution in [2.75, 3.05) is 41.0 Å². The summed E-state index contributed by atoms with van der Waals surface area (Å²) in [6.07, 6.45) is 43.9. The van der Waals surface area contributed by atoms with Crippen LogP contribution in [-0.4, -0.2) is 80.6 Å². The number of rotatable bonds is 44. The number of carboxylic acid groups (broad SMARTS) is 1. The maximum Gasteiger partial charge on any atom is 0.362 e. The van der Waals surface area contributed by atoms with Crippen LogP contribution in [0.5, 0.6) is 0 Å². The van der Waals surface area contributed by atoms with E-state index in [1.54, 1.807) is 0 Å². The number of carbonyl (C=O) groups is 3. The zero-order valence-corrected chi connectivity index (χ0v) is 38.3. The first-order valence-electron chi connectivity index (χ1n) is 24.2. The van der Waals surface area contributed by atoms with Gasteiger partial charge in [-0.1, -0.05) is 187 Å². The maximum atomic E-state index is 12.8. The molecule has 0 saturated carbocycles. The van der Waals surface area contributed by atoms with Crippen LogP contribution in [0.3, 0.4) is 0 Å². The van der Waals surface area contributed by atoms with E-state index >= 15 is 0 Å². The third-order valence-corrected chi connectivity index (χ3v) is 11.2. The molecule has 1 N–H and O–H groups in total. The molecule has 0 rings (SSSR count). The number of likely N-dealkylation sites (N-methyl/N-ethyl adjacent to an activating group) is 1. The molecule has 57 heavy (non-hydrogen) atoms. The fourth-order valence-corrected chi connectivity index (χ4v) is 7.38. The Hall–Kier alpha value is -1.93. The summed E-state index contributed by atoms with van der Waals surface area (Å²) < 4.78 is 17.3. The van der Waals surface area contributed by atoms with Gasteiger partial charge >= 0.3 is 17.9 Å². The van der Waals surface area contributed by atoms with Gasteiger partial charge in [0.15, 0.2) is 12.1 Å². The fourth-order valence-electron chi connectivity index (χ4n) is 7.38. The second-order valence-electron chi connectivity index (χ2n) is 17.7. The summed E-state index contributed by atoms with van der Waals surface area (Å²) >= 11 is 0. The highest BCUT2D eigenvalue weighted by molar-refractivity contribution is 5.72. The van der Waals surface area contributed by atoms with E-state index in [1.165, 1.54) is 161 Å². The number of carboxylic acids is 1. The Labute approximate surface area is 352 Å². The van der Waals surface area contributed by atoms with Crippen molar-refractivity contribution in [3.63, 3.8) is 0 Å². The molecule has 8 heteroatoms. The van der Waals surface area contributed by atoms with E-state index in [0.29, 0.717) is 19.3 Å². The van der Waals surface area contributed by atoms with Crippen molar-refractivity contribution < 1.29 is 38.2 Å². The SMILES string of the molecule is CCCCCCCC/C=C/CCCCCCCCCC(=O)OCC(COCCC(C(=O)O)[N+](C)(C)C)OC(=O)CCCCCCCCCCCCCCCCCC. The highest BCUT2D eigenvalue weighted by Crippen LogP contribution is 2.16. The van der Waals surface area contributed by atoms with E-state index < -0.39 is 18.1 Å². The molecule has 8 nitrogen and oxygen atoms in total. The lowest BCUT2D eigenvalue weighted by molar-refractivity contribution is -0.887. The van der Waals surface area contributed by atoms with Crippen LogP contribution in [0.2, 0.25) is 0 Å². The largest absolute Gasteiger partial charge is 0.477 e. The van der Waals surface area contributed by atoms with Gasteiger partial charge in [0.2, 0.25) is 0 Å². The van der Waals surface area contributed by atoms with Gasteiger partial charge in [-0.15, -0.1) is 0 Å². The minimum atomic E-state index is -0.872. The molecule has 0 spiro atoms. The van der Waals surface area contributed by atoms with Crippen molar-refractivity contribution in [1.29, 1.82) is 0 Å². The Balaban J connectivity index is 4.26. The molecule has 2 unspecified atom stereocenters. The van der Waals surface area contributed by atoms with Crippen LogP contribution >= 0.6 is 0 Å². The van der Waals surface area contributed by atoms with Crippen LogP contribution in [0.4, 0.5) is 0 Å². The van der Waals surface area contributed by atoms with Crippen LogP contribution in [0, 0.1) is 0 Å². The van der Waals surface area contributed by atoms with Crippen molar-refractivity contribution in [2.45, 2.75) is 244 Å². The molecule has 0 radical (unpaired) electrons. The molecule has 0 aliphatic rings. The Morgan fingerprint density at radius 3 is 1.26 bits per heavy atom. The first-order chi connectivity index (χ1) is 27.6. The van der Waals surface area contributed by atoms with Gasteiger partial charge in [-0.2, -0.15) is 0 Å². The fraction of sp³-hybridized carbons (Fsp3) is 0.898. The number of hydrogen-bond acceptors (Lipinski definition) is 6. The van der Waals surface area contributed by atoms with Gasteiger partial charge in [0.25, 0.3) is 0 Å². The van der Waals surface area contributed by atoms with E-state index in [9.17, 15) is 19.5 Å². The molecule has 0 saturated heterocycles. The average Bonchev–Trinajstić information content (AvgIpc) is 3.17. The molecule has 0 amide bonds. The van der Waals surface area contributed by atoms with E-state index in [-0.39, 0.29) is 36.2 Å². The first-order valence-corrected chi connectivity index (χ1v) is 24.2. The summed E-state index contributed by atoms with van der Waals surface area (Å²) in [5.74, 6) is -1.45. The van der Waals surface area contributed by atoms with Gasteiger partial charge in [0.1, 0.15) is 6.61 Å². The third kappa shape index (κ3) is 39.3. The number of allylic oxidation sites excluding steroid dienone is 2. The van der Waals surface area contributed by atoms with Crippen molar-refractivity contribution in [3.8, 4) is 0 Å². The van der Waals surface area contributed by atoms with Gasteiger partial charge in [-0.05, 0) is 38.5 Å². The summed E-state index contributed by atoms with van der Waals surface area (Å²) in [5.41, 5.74) is 0. The lowest BCUT2D eigenvalue weighted by Gasteiger charge is -2.31. The quantitative estimate of drug-likeness (QED) is 0.0283. The topological polar surface area (TPSA) is 99.1 Å². The van der Waals surface area contributed by atoms with E-state index in [1.807, 2.05) is 21.1 Å². The Morgan fingerprint density at radius 1 is 0.509 bits per heavy atom. The van der Waals surface area contributed by atoms with Crippen LogP contribution < -0.4 is 0 Å². The lowest BCUT2D eigenvalue weighted by atomic mass is 10.0. The lowest BCUT2D eigenvalue weighted by Crippen LogP contribution is -2.50. The Morgan fingerprint density at radius 2 is 0.877 bits per heavy atom. The number of unbranched alkanes of at least 4 members (excludes halogenated alkanes) is 28. The second-order valence-corrected chi connectivity index (χ2v) is 17.7. The van der Waals surface area contributed by atoms with Crippen LogP contribution in [0.15, 0.2) is 12.2 Å². The summed E-state index contributed by atoms with van der Waals surface area (Å²) in [6.45, 7) is 4.77. The van der Waals surface area contributed by atoms with Crippen molar-refractivity contribution in [3.05, 3.63) is 12.2 Å². The highest BCUT2D eigenvalue weighted by atomic mass is 16.6. The van der Waals surface area contributed by atoms with E-state index in [0.717, 1.165) is 38.5 Å². The number of aliphatic carboxylic acids is 1. The molecule has 0 aromatic heterocycles. The molecular weight excluding hydrogens is 715 g/mol. The van der Waals surface area contributed by atoms with Gasteiger partial charge in [-0.3, -0.25) is 9.59 Å². The van der Waals surface area contributed by atoms with E-state index in [2.05, 4.69) is 26.0 Å². The highest BCUT2D eigenvalue weighted by Gasteiger charge is 2.31. The molecule has 0 aromatic rings. The van der Waals surface area contributed by atoms with Crippen LogP contribution in [-0.2, 0) is 28.6 Å². The molecule has 0 fully saturated rings. The van der Waals surface area contributed by atoms with Crippen LogP contribution in [0.25, 0.3) is 0 Å². The summed E-state index contributed by atoms with van der Waals surface area (Å²) in [5, 5.41) is 9.63. The maximum absolute atomic E-state index is 12.8. The third-order valence-electron chi connectivity index (χ3n) is 11.2. The molecule has 0 bridgehead atoms. The number of hydrogen-bond donors (Lipinski definition) is 1. The molecule has 0 aliphatic heterocycles. The second kappa shape index (κ2) is 40.8. The van der Waals surface area contributed by atoms with Gasteiger partial charge in [-0.25, -0.2) is 4.79 Å². The first kappa shape index (κ1) is 55.1. The zero-order chi connectivity index (χ0) is 42.1. The Kier molecular flexibility index (Phi) is 39.4. The predicted octanol–water partition coefficient (Wildman–Crippen LogP) is 13.5. The smallest absolute Gasteiger partial charge is 0.362 e. The molecule has 0 heterocycles. The summed E-state index contributed by atoms with van der Waals surface area (Å²) in [6, 6.07) is -0.611. The van der Waals surface area contributed by atoms with E-state index in [4.69, 9.17) is 14.2 Å². The predicted molar refractivity (Wildman–Crippen MR) is 239 cm³/mol. The number of quaternary nitrogens is 1. The van der Waals surface area contributed by atoms with Crippen molar-refractivity contribution >= 4 is 17.9 Å². The van der Waals surface area contributed by atoms with Gasteiger partial charge in [0, 0.05) is 19.3 Å². The molecule has 336 valence electrons. The minimum Gasteiger partial charge on any atom is -0.477 e. The molecule has 0 aliphatic carbocycles. The number of carbonyl (C=O) groups excluding carboxylic acids is 2. The standard InChI is InChI=1S/C49H93NO7/c1-6-8-10-12-14-16-18-20-22-24-26-27-29-31-33-35-37-39-47(51)56-44-45(43-55-42-41-46(49(53)54)50(3,4)5)57-48(52)40-38-36-34-32-30-28-25-23-21-19-17-15-13-11-9-7-2/h20,22,45-46H,6-19,21,23-44H2,1-5H3/p+1/b22-20+. The number of nitrogens with zero attached hydrogens (tertiary/aromatic N) is 1. The van der Waals surface area contributed by atoms with Gasteiger partial charge < -0.3 is 23.8 Å². The zero-order valence-electron chi connectivity index (χ0n) is 38.3. The minimum absolute atomic E-state index is 0.0470. The average molecular weight is 809 g/mol. The monoisotopic (exact) mass is 809 g/mol. The molecule has 2 atom stereocenters. The van der Waals surface area contributed by atoms with Crippen molar-refractivity contribution in [2.24, 2.45) is 0 Å². The molecule has 0 aromatic carbocycles. The van der Waals surface area contributed by atoms with Gasteiger partial charge in [0.05, 0.1) is 34.4 Å². The Bertz CT molecular complexity index is 947. The number of esters is 2. The summed E-state index contributed by atoms with van der Waals surface area (Å²) in [7, 11) is 5.54. The van der Waals surface area contributed by atoms with Crippen LogP contribution in [0.1, 0.15) is 232 Å². The molecular formula is C49H94NO7+. The van der Waals surface area contributed by atoms with Crippen molar-refractivity contribution in [1.82, 2.24) is 0 Å². The number of ether oxygens (including phenoxy) is 3.